The third-order valence-corrected chi connectivity index (χ3v) is 2.45. The molecule has 0 bridgehead atoms. The van der Waals surface area contributed by atoms with E-state index in [0.717, 1.165) is 0 Å². The van der Waals surface area contributed by atoms with Crippen molar-refractivity contribution < 1.29 is 14.4 Å². The van der Waals surface area contributed by atoms with Crippen LogP contribution in [0.25, 0.3) is 0 Å². The quantitative estimate of drug-likeness (QED) is 0.479. The molecule has 0 unspecified atom stereocenters. The number of nitrogens with zero attached hydrogens (tertiary/aromatic N) is 3. The lowest BCUT2D eigenvalue weighted by atomic mass is 10.3. The van der Waals surface area contributed by atoms with Crippen LogP contribution in [0.2, 0.25) is 5.15 Å². The first-order valence-electron chi connectivity index (χ1n) is 5.53. The fourth-order valence-corrected chi connectivity index (χ4v) is 1.64. The molecule has 0 radical (unpaired) electrons. The molecule has 0 aliphatic heterocycles. The lowest BCUT2D eigenvalue weighted by Crippen LogP contribution is -1.99. The normalized spacial score (nSPS) is 10.3. The monoisotopic (exact) mass is 295 g/mol. The van der Waals surface area contributed by atoms with Crippen molar-refractivity contribution in [2.24, 2.45) is 0 Å². The summed E-state index contributed by atoms with van der Waals surface area (Å²) in [5.41, 5.74) is -0.0156. The Balaban J connectivity index is 2.18. The van der Waals surface area contributed by atoms with Gasteiger partial charge in [0.15, 0.2) is 5.82 Å². The smallest absolute Gasteiger partial charge is 0.269 e. The van der Waals surface area contributed by atoms with Gasteiger partial charge in [-0.3, -0.25) is 10.1 Å². The molecule has 0 saturated carbocycles. The molecule has 0 aliphatic carbocycles. The van der Waals surface area contributed by atoms with Crippen molar-refractivity contribution in [2.45, 2.75) is 6.61 Å². The average Bonchev–Trinajstić information content (AvgIpc) is 2.39. The van der Waals surface area contributed by atoms with Gasteiger partial charge in [-0.15, -0.1) is 0 Å². The molecular formula is C12H10ClN3O4. The maximum absolute atomic E-state index is 10.5. The Hall–Kier alpha value is -2.25. The van der Waals surface area contributed by atoms with E-state index in [1.54, 1.807) is 0 Å². The number of non-ortho nitro benzene ring substituents is 1. The highest BCUT2D eigenvalue weighted by molar-refractivity contribution is 6.29. The van der Waals surface area contributed by atoms with E-state index in [0.29, 0.717) is 11.6 Å². The molecule has 104 valence electrons. The van der Waals surface area contributed by atoms with Crippen LogP contribution in [0.1, 0.15) is 5.82 Å². The molecule has 20 heavy (non-hydrogen) atoms. The summed E-state index contributed by atoms with van der Waals surface area (Å²) in [5.74, 6) is 1.04. The maximum atomic E-state index is 10.5. The summed E-state index contributed by atoms with van der Waals surface area (Å²) in [7, 11) is 1.52. The van der Waals surface area contributed by atoms with Crippen LogP contribution in [0.4, 0.5) is 5.69 Å². The highest BCUT2D eigenvalue weighted by Crippen LogP contribution is 2.24. The van der Waals surface area contributed by atoms with E-state index in [-0.39, 0.29) is 23.3 Å². The molecule has 7 nitrogen and oxygen atoms in total. The van der Waals surface area contributed by atoms with Crippen molar-refractivity contribution in [2.75, 3.05) is 7.11 Å². The zero-order valence-corrected chi connectivity index (χ0v) is 11.2. The van der Waals surface area contributed by atoms with Crippen molar-refractivity contribution in [1.29, 1.82) is 0 Å². The van der Waals surface area contributed by atoms with E-state index in [4.69, 9.17) is 21.1 Å². The molecule has 2 aromatic rings. The molecule has 0 atom stereocenters. The lowest BCUT2D eigenvalue weighted by molar-refractivity contribution is -0.384. The van der Waals surface area contributed by atoms with Gasteiger partial charge >= 0.3 is 0 Å². The molecular weight excluding hydrogens is 286 g/mol. The molecule has 1 aromatic heterocycles. The molecule has 1 aromatic carbocycles. The van der Waals surface area contributed by atoms with Gasteiger partial charge in [-0.25, -0.2) is 4.98 Å². The van der Waals surface area contributed by atoms with Gasteiger partial charge in [0.05, 0.1) is 4.92 Å². The third-order valence-electron chi connectivity index (χ3n) is 2.26. The minimum Gasteiger partial charge on any atom is -0.439 e. The zero-order valence-electron chi connectivity index (χ0n) is 10.4. The fraction of sp³-hybridized carbons (Fsp3) is 0.167. The molecule has 0 fully saturated rings. The maximum Gasteiger partial charge on any atom is 0.269 e. The Morgan fingerprint density at radius 3 is 2.60 bits per heavy atom. The summed E-state index contributed by atoms with van der Waals surface area (Å²) >= 11 is 5.84. The molecule has 1 heterocycles. The van der Waals surface area contributed by atoms with E-state index >= 15 is 0 Å². The van der Waals surface area contributed by atoms with Crippen LogP contribution in [-0.4, -0.2) is 22.0 Å². The van der Waals surface area contributed by atoms with Gasteiger partial charge < -0.3 is 9.47 Å². The van der Waals surface area contributed by atoms with Gasteiger partial charge in [-0.2, -0.15) is 4.98 Å². The number of methoxy groups -OCH3 is 1. The first-order chi connectivity index (χ1) is 9.58. The largest absolute Gasteiger partial charge is 0.439 e. The van der Waals surface area contributed by atoms with Crippen molar-refractivity contribution in [1.82, 2.24) is 9.97 Å². The zero-order chi connectivity index (χ0) is 14.5. The van der Waals surface area contributed by atoms with E-state index in [1.165, 1.54) is 37.4 Å². The summed E-state index contributed by atoms with van der Waals surface area (Å²) in [6.45, 7) is 0.206. The number of hydrogen-bond donors (Lipinski definition) is 0. The van der Waals surface area contributed by atoms with Crippen LogP contribution < -0.4 is 4.74 Å². The van der Waals surface area contributed by atoms with Gasteiger partial charge in [0, 0.05) is 25.3 Å². The van der Waals surface area contributed by atoms with Crippen LogP contribution in [0.15, 0.2) is 30.3 Å². The predicted octanol–water partition coefficient (Wildman–Crippen LogP) is 2.98. The fourth-order valence-electron chi connectivity index (χ4n) is 1.44. The van der Waals surface area contributed by atoms with Crippen molar-refractivity contribution in [3.63, 3.8) is 0 Å². The third kappa shape index (κ3) is 3.62. The first kappa shape index (κ1) is 14.2. The standard InChI is InChI=1S/C12H10ClN3O4/c1-19-7-11-14-10(13)6-12(15-11)20-9-4-2-8(3-5-9)16(17)18/h2-6H,7H2,1H3. The Kier molecular flexibility index (Phi) is 4.44. The average molecular weight is 296 g/mol. The number of nitro benzene ring substituents is 1. The van der Waals surface area contributed by atoms with Gasteiger partial charge in [-0.05, 0) is 12.1 Å². The van der Waals surface area contributed by atoms with Crippen LogP contribution in [0, 0.1) is 10.1 Å². The summed E-state index contributed by atoms with van der Waals surface area (Å²) in [6.07, 6.45) is 0. The van der Waals surface area contributed by atoms with Gasteiger partial charge in [-0.1, -0.05) is 11.6 Å². The first-order valence-corrected chi connectivity index (χ1v) is 5.91. The Bertz CT molecular complexity index is 619. The van der Waals surface area contributed by atoms with Gasteiger partial charge in [0.1, 0.15) is 17.5 Å². The number of aromatic nitrogens is 2. The Labute approximate surface area is 119 Å². The second-order valence-corrected chi connectivity index (χ2v) is 4.12. The Morgan fingerprint density at radius 2 is 2.00 bits per heavy atom. The van der Waals surface area contributed by atoms with Crippen molar-refractivity contribution >= 4 is 17.3 Å². The number of halogens is 1. The van der Waals surface area contributed by atoms with Crippen LogP contribution >= 0.6 is 11.6 Å². The number of nitro groups is 1. The van der Waals surface area contributed by atoms with Crippen molar-refractivity contribution in [3.05, 3.63) is 51.4 Å². The molecule has 0 aliphatic rings. The van der Waals surface area contributed by atoms with E-state index < -0.39 is 4.92 Å². The molecule has 0 amide bonds. The van der Waals surface area contributed by atoms with Crippen LogP contribution in [-0.2, 0) is 11.3 Å². The van der Waals surface area contributed by atoms with E-state index in [9.17, 15) is 10.1 Å². The summed E-state index contributed by atoms with van der Waals surface area (Å²) in [6, 6.07) is 7.08. The molecule has 2 rings (SSSR count). The Morgan fingerprint density at radius 1 is 1.30 bits per heavy atom. The van der Waals surface area contributed by atoms with Crippen molar-refractivity contribution in [3.8, 4) is 11.6 Å². The molecule has 0 saturated heterocycles. The van der Waals surface area contributed by atoms with Gasteiger partial charge in [0.2, 0.25) is 5.88 Å². The summed E-state index contributed by atoms with van der Waals surface area (Å²) in [5, 5.41) is 10.8. The summed E-state index contributed by atoms with van der Waals surface area (Å²) < 4.78 is 10.4. The van der Waals surface area contributed by atoms with Gasteiger partial charge in [0.25, 0.3) is 5.69 Å². The van der Waals surface area contributed by atoms with Crippen LogP contribution in [0.5, 0.6) is 11.6 Å². The minimum atomic E-state index is -0.484. The SMILES string of the molecule is COCc1nc(Cl)cc(Oc2ccc([N+](=O)[O-])cc2)n1. The second kappa shape index (κ2) is 6.27. The predicted molar refractivity (Wildman–Crippen MR) is 70.9 cm³/mol. The lowest BCUT2D eigenvalue weighted by Gasteiger charge is -2.06. The molecule has 0 N–H and O–H groups in total. The highest BCUT2D eigenvalue weighted by atomic mass is 35.5. The van der Waals surface area contributed by atoms with E-state index in [2.05, 4.69) is 9.97 Å². The number of hydrogen-bond acceptors (Lipinski definition) is 6. The second-order valence-electron chi connectivity index (χ2n) is 3.73. The molecule has 8 heteroatoms. The topological polar surface area (TPSA) is 87.4 Å². The summed E-state index contributed by atoms with van der Waals surface area (Å²) in [4.78, 5) is 18.1. The minimum absolute atomic E-state index is 0.0156. The highest BCUT2D eigenvalue weighted by Gasteiger charge is 2.08. The van der Waals surface area contributed by atoms with E-state index in [1.807, 2.05) is 0 Å². The molecule has 0 spiro atoms. The van der Waals surface area contributed by atoms with Crippen LogP contribution in [0.3, 0.4) is 0 Å². The number of rotatable bonds is 5. The number of benzene rings is 1. The number of ether oxygens (including phenoxy) is 2.